The zero-order valence-electron chi connectivity index (χ0n) is 5.43. The van der Waals surface area contributed by atoms with E-state index in [-0.39, 0.29) is 0 Å². The molecular weight excluding hydrogens is 151 g/mol. The molecule has 0 spiro atoms. The zero-order valence-corrected chi connectivity index (χ0v) is 6.18. The summed E-state index contributed by atoms with van der Waals surface area (Å²) >= 11 is 5.15. The highest BCUT2D eigenvalue weighted by atomic mass is 35.5. The number of benzene rings is 1. The second kappa shape index (κ2) is 3.57. The van der Waals surface area contributed by atoms with Gasteiger partial charge in [-0.1, -0.05) is 41.9 Å². The molecule has 0 unspecified atom stereocenters. The molecule has 0 amide bonds. The van der Waals surface area contributed by atoms with E-state index in [1.54, 1.807) is 0 Å². The van der Waals surface area contributed by atoms with Crippen molar-refractivity contribution in [3.8, 4) is 0 Å². The maximum Gasteiger partial charge on any atom is 0.177 e. The van der Waals surface area contributed by atoms with Crippen LogP contribution in [0.4, 0.5) is 4.39 Å². The Kier molecular flexibility index (Phi) is 2.69. The second-order valence-electron chi connectivity index (χ2n) is 2.08. The standard InChI is InChI=1S/C8H8ClF/c9-8(10)6-7-4-2-1-3-5-7/h1-5,8H,6H2/t8-/m1/s1. The fourth-order valence-electron chi connectivity index (χ4n) is 0.792. The minimum Gasteiger partial charge on any atom is -0.230 e. The fraction of sp³-hybridized carbons (Fsp3) is 0.250. The third kappa shape index (κ3) is 2.36. The molecule has 0 aromatic heterocycles. The van der Waals surface area contributed by atoms with Gasteiger partial charge in [0.15, 0.2) is 5.63 Å². The number of hydrogen-bond donors (Lipinski definition) is 0. The van der Waals surface area contributed by atoms with E-state index in [0.717, 1.165) is 5.56 Å². The van der Waals surface area contributed by atoms with Gasteiger partial charge in [-0.05, 0) is 5.56 Å². The molecular formula is C8H8ClF. The van der Waals surface area contributed by atoms with Gasteiger partial charge in [-0.25, -0.2) is 4.39 Å². The van der Waals surface area contributed by atoms with Crippen molar-refractivity contribution in [2.45, 2.75) is 12.1 Å². The third-order valence-electron chi connectivity index (χ3n) is 1.23. The highest BCUT2D eigenvalue weighted by Gasteiger charge is 2.00. The van der Waals surface area contributed by atoms with Gasteiger partial charge in [0, 0.05) is 6.42 Å². The molecule has 0 aliphatic carbocycles. The predicted octanol–water partition coefficient (Wildman–Crippen LogP) is 2.76. The van der Waals surface area contributed by atoms with Crippen LogP contribution in [0.25, 0.3) is 0 Å². The van der Waals surface area contributed by atoms with Crippen LogP contribution >= 0.6 is 11.6 Å². The minimum atomic E-state index is -1.26. The van der Waals surface area contributed by atoms with Gasteiger partial charge in [0.25, 0.3) is 0 Å². The van der Waals surface area contributed by atoms with E-state index in [1.807, 2.05) is 30.3 Å². The quantitative estimate of drug-likeness (QED) is 0.581. The smallest absolute Gasteiger partial charge is 0.177 e. The van der Waals surface area contributed by atoms with Crippen molar-refractivity contribution in [2.75, 3.05) is 0 Å². The highest BCUT2D eigenvalue weighted by Crippen LogP contribution is 2.07. The first-order chi connectivity index (χ1) is 4.79. The average Bonchev–Trinajstić information content (AvgIpc) is 1.88. The van der Waals surface area contributed by atoms with Crippen LogP contribution in [0, 0.1) is 0 Å². The third-order valence-corrected chi connectivity index (χ3v) is 1.39. The molecule has 54 valence electrons. The van der Waals surface area contributed by atoms with Crippen molar-refractivity contribution in [1.29, 1.82) is 0 Å². The van der Waals surface area contributed by atoms with Crippen molar-refractivity contribution in [3.63, 3.8) is 0 Å². The van der Waals surface area contributed by atoms with Crippen molar-refractivity contribution in [2.24, 2.45) is 0 Å². The Hall–Kier alpha value is -0.560. The Labute approximate surface area is 64.6 Å². The van der Waals surface area contributed by atoms with Crippen molar-refractivity contribution in [3.05, 3.63) is 35.9 Å². The summed E-state index contributed by atoms with van der Waals surface area (Å²) in [5, 5.41) is 0. The van der Waals surface area contributed by atoms with Crippen LogP contribution in [0.3, 0.4) is 0 Å². The molecule has 2 heteroatoms. The Morgan fingerprint density at radius 3 is 2.40 bits per heavy atom. The molecule has 1 rings (SSSR count). The molecule has 1 atom stereocenters. The molecule has 1 aromatic carbocycles. The van der Waals surface area contributed by atoms with E-state index < -0.39 is 5.63 Å². The normalized spacial score (nSPS) is 13.0. The van der Waals surface area contributed by atoms with Gasteiger partial charge < -0.3 is 0 Å². The molecule has 0 aliphatic rings. The summed E-state index contributed by atoms with van der Waals surface area (Å²) in [6.07, 6.45) is 0.294. The lowest BCUT2D eigenvalue weighted by Crippen LogP contribution is -1.93. The Balaban J connectivity index is 2.59. The van der Waals surface area contributed by atoms with Crippen LogP contribution in [-0.2, 0) is 6.42 Å². The fourth-order valence-corrected chi connectivity index (χ4v) is 0.970. The lowest BCUT2D eigenvalue weighted by atomic mass is 10.2. The summed E-state index contributed by atoms with van der Waals surface area (Å²) in [6.45, 7) is 0. The molecule has 0 aliphatic heterocycles. The number of halogens is 2. The summed E-state index contributed by atoms with van der Waals surface area (Å²) in [6, 6.07) is 9.35. The first-order valence-corrected chi connectivity index (χ1v) is 3.55. The summed E-state index contributed by atoms with van der Waals surface area (Å²) in [7, 11) is 0. The van der Waals surface area contributed by atoms with Crippen LogP contribution in [-0.4, -0.2) is 5.63 Å². The molecule has 0 heterocycles. The van der Waals surface area contributed by atoms with Gasteiger partial charge in [0.05, 0.1) is 0 Å². The topological polar surface area (TPSA) is 0 Å². The number of alkyl halides is 2. The SMILES string of the molecule is F[C@@H](Cl)Cc1ccccc1. The van der Waals surface area contributed by atoms with E-state index in [9.17, 15) is 4.39 Å². The summed E-state index contributed by atoms with van der Waals surface area (Å²) in [5.74, 6) is 0. The first-order valence-electron chi connectivity index (χ1n) is 3.11. The Morgan fingerprint density at radius 2 is 1.90 bits per heavy atom. The summed E-state index contributed by atoms with van der Waals surface area (Å²) in [4.78, 5) is 0. The zero-order chi connectivity index (χ0) is 7.40. The molecule has 10 heavy (non-hydrogen) atoms. The number of hydrogen-bond acceptors (Lipinski definition) is 0. The largest absolute Gasteiger partial charge is 0.230 e. The summed E-state index contributed by atoms with van der Waals surface area (Å²) < 4.78 is 12.2. The van der Waals surface area contributed by atoms with E-state index >= 15 is 0 Å². The van der Waals surface area contributed by atoms with Crippen LogP contribution in [0.1, 0.15) is 5.56 Å². The molecule has 0 saturated heterocycles. The highest BCUT2D eigenvalue weighted by molar-refractivity contribution is 6.19. The molecule has 0 radical (unpaired) electrons. The number of rotatable bonds is 2. The first kappa shape index (κ1) is 7.55. The van der Waals surface area contributed by atoms with E-state index in [4.69, 9.17) is 11.6 Å². The van der Waals surface area contributed by atoms with Gasteiger partial charge in [-0.15, -0.1) is 0 Å². The van der Waals surface area contributed by atoms with Gasteiger partial charge in [0.2, 0.25) is 0 Å². The maximum absolute atomic E-state index is 12.2. The molecule has 0 N–H and O–H groups in total. The maximum atomic E-state index is 12.2. The van der Waals surface area contributed by atoms with Crippen LogP contribution in [0.2, 0.25) is 0 Å². The molecule has 0 fully saturated rings. The predicted molar refractivity (Wildman–Crippen MR) is 40.9 cm³/mol. The van der Waals surface area contributed by atoms with Crippen molar-refractivity contribution < 1.29 is 4.39 Å². The van der Waals surface area contributed by atoms with Gasteiger partial charge in [-0.3, -0.25) is 0 Å². The second-order valence-corrected chi connectivity index (χ2v) is 2.55. The Morgan fingerprint density at radius 1 is 1.30 bits per heavy atom. The van der Waals surface area contributed by atoms with E-state index in [0.29, 0.717) is 6.42 Å². The van der Waals surface area contributed by atoms with Crippen LogP contribution in [0.5, 0.6) is 0 Å². The minimum absolute atomic E-state index is 0.294. The van der Waals surface area contributed by atoms with Gasteiger partial charge >= 0.3 is 0 Å². The van der Waals surface area contributed by atoms with E-state index in [1.165, 1.54) is 0 Å². The van der Waals surface area contributed by atoms with Gasteiger partial charge in [-0.2, -0.15) is 0 Å². The average molecular weight is 159 g/mol. The Bertz CT molecular complexity index is 184. The molecule has 0 bridgehead atoms. The molecule has 1 aromatic rings. The van der Waals surface area contributed by atoms with Crippen molar-refractivity contribution in [1.82, 2.24) is 0 Å². The summed E-state index contributed by atoms with van der Waals surface area (Å²) in [5.41, 5.74) is -0.326. The van der Waals surface area contributed by atoms with Crippen LogP contribution in [0.15, 0.2) is 30.3 Å². The monoisotopic (exact) mass is 158 g/mol. The lowest BCUT2D eigenvalue weighted by Gasteiger charge is -1.97. The molecule has 0 saturated carbocycles. The van der Waals surface area contributed by atoms with Crippen LogP contribution < -0.4 is 0 Å². The van der Waals surface area contributed by atoms with E-state index in [2.05, 4.69) is 0 Å². The van der Waals surface area contributed by atoms with Crippen molar-refractivity contribution >= 4 is 11.6 Å². The van der Waals surface area contributed by atoms with Gasteiger partial charge in [0.1, 0.15) is 0 Å². The lowest BCUT2D eigenvalue weighted by molar-refractivity contribution is 0.442. The molecule has 0 nitrogen and oxygen atoms in total.